The molecule has 1 heterocycles. The summed E-state index contributed by atoms with van der Waals surface area (Å²) in [7, 11) is -3.59. The quantitative estimate of drug-likeness (QED) is 0.878. The molecule has 0 aliphatic carbocycles. The van der Waals surface area contributed by atoms with Gasteiger partial charge in [-0.15, -0.1) is 0 Å². The van der Waals surface area contributed by atoms with Crippen molar-refractivity contribution in [1.82, 2.24) is 9.78 Å². The number of sulfonamides is 1. The van der Waals surface area contributed by atoms with E-state index in [1.54, 1.807) is 23.0 Å². The van der Waals surface area contributed by atoms with E-state index in [2.05, 4.69) is 9.82 Å². The van der Waals surface area contributed by atoms with Gasteiger partial charge in [0.1, 0.15) is 0 Å². The molecule has 1 aromatic carbocycles. The second-order valence-corrected chi connectivity index (χ2v) is 6.44. The molecule has 3 N–H and O–H groups in total. The van der Waals surface area contributed by atoms with E-state index in [-0.39, 0.29) is 10.9 Å². The number of nitrogens with one attached hydrogen (secondary N) is 1. The Morgan fingerprint density at radius 1 is 1.30 bits per heavy atom. The maximum atomic E-state index is 12.2. The number of nitrogens with two attached hydrogens (primary N) is 1. The van der Waals surface area contributed by atoms with E-state index in [0.717, 1.165) is 5.56 Å². The molecule has 7 heteroatoms. The summed E-state index contributed by atoms with van der Waals surface area (Å²) >= 11 is 0. The average Bonchev–Trinajstić information content (AvgIpc) is 2.87. The zero-order valence-electron chi connectivity index (χ0n) is 11.4. The normalized spacial score (nSPS) is 11.8. The van der Waals surface area contributed by atoms with Crippen LogP contribution in [0.5, 0.6) is 0 Å². The zero-order valence-corrected chi connectivity index (χ0v) is 12.3. The van der Waals surface area contributed by atoms with Gasteiger partial charge in [0.25, 0.3) is 10.0 Å². The molecule has 0 amide bonds. The van der Waals surface area contributed by atoms with Crippen LogP contribution in [0.4, 0.5) is 5.69 Å². The number of hydrogen-bond acceptors (Lipinski definition) is 4. The van der Waals surface area contributed by atoms with Crippen molar-refractivity contribution in [3.63, 3.8) is 0 Å². The first-order valence-corrected chi connectivity index (χ1v) is 7.76. The van der Waals surface area contributed by atoms with E-state index in [9.17, 15) is 8.42 Å². The molecule has 108 valence electrons. The average molecular weight is 294 g/mol. The molecule has 20 heavy (non-hydrogen) atoms. The summed E-state index contributed by atoms with van der Waals surface area (Å²) in [6.45, 7) is 4.32. The monoisotopic (exact) mass is 294 g/mol. The van der Waals surface area contributed by atoms with Crippen molar-refractivity contribution in [2.24, 2.45) is 5.73 Å². The van der Waals surface area contributed by atoms with Gasteiger partial charge in [0.15, 0.2) is 0 Å². The van der Waals surface area contributed by atoms with Crippen molar-refractivity contribution in [3.8, 4) is 0 Å². The molecule has 6 nitrogen and oxygen atoms in total. The van der Waals surface area contributed by atoms with Crippen molar-refractivity contribution in [2.45, 2.75) is 31.3 Å². The van der Waals surface area contributed by atoms with Crippen LogP contribution in [0.25, 0.3) is 0 Å². The van der Waals surface area contributed by atoms with Gasteiger partial charge in [-0.05, 0) is 31.5 Å². The maximum Gasteiger partial charge on any atom is 0.261 e. The highest BCUT2D eigenvalue weighted by Gasteiger charge is 2.15. The van der Waals surface area contributed by atoms with E-state index < -0.39 is 10.0 Å². The fourth-order valence-corrected chi connectivity index (χ4v) is 2.72. The van der Waals surface area contributed by atoms with Gasteiger partial charge >= 0.3 is 0 Å². The molecular weight excluding hydrogens is 276 g/mol. The van der Waals surface area contributed by atoms with Gasteiger partial charge in [0.2, 0.25) is 0 Å². The Morgan fingerprint density at radius 2 is 1.95 bits per heavy atom. The van der Waals surface area contributed by atoms with Gasteiger partial charge in [-0.25, -0.2) is 8.42 Å². The molecule has 0 bridgehead atoms. The second kappa shape index (κ2) is 5.64. The minimum atomic E-state index is -3.59. The third kappa shape index (κ3) is 3.17. The predicted octanol–water partition coefficient (Wildman–Crippen LogP) is 1.72. The molecule has 0 radical (unpaired) electrons. The van der Waals surface area contributed by atoms with Crippen molar-refractivity contribution in [3.05, 3.63) is 42.2 Å². The second-order valence-electron chi connectivity index (χ2n) is 4.76. The van der Waals surface area contributed by atoms with Crippen LogP contribution in [0, 0.1) is 0 Å². The van der Waals surface area contributed by atoms with Gasteiger partial charge in [0, 0.05) is 18.8 Å². The van der Waals surface area contributed by atoms with Gasteiger partial charge in [-0.1, -0.05) is 12.1 Å². The fourth-order valence-electron chi connectivity index (χ4n) is 1.69. The first-order valence-electron chi connectivity index (χ1n) is 6.28. The number of aromatic nitrogens is 2. The van der Waals surface area contributed by atoms with Crippen LogP contribution in [-0.4, -0.2) is 18.2 Å². The van der Waals surface area contributed by atoms with Crippen molar-refractivity contribution in [2.75, 3.05) is 4.72 Å². The molecule has 2 aromatic rings. The third-order valence-electron chi connectivity index (χ3n) is 2.85. The topological polar surface area (TPSA) is 90.0 Å². The smallest absolute Gasteiger partial charge is 0.261 e. The Morgan fingerprint density at radius 3 is 2.45 bits per heavy atom. The zero-order chi connectivity index (χ0) is 14.8. The van der Waals surface area contributed by atoms with Gasteiger partial charge < -0.3 is 5.73 Å². The highest BCUT2D eigenvalue weighted by Crippen LogP contribution is 2.17. The number of rotatable bonds is 5. The molecule has 0 saturated carbocycles. The highest BCUT2D eigenvalue weighted by atomic mass is 32.2. The van der Waals surface area contributed by atoms with Crippen LogP contribution in [0.2, 0.25) is 0 Å². The minimum absolute atomic E-state index is 0.178. The van der Waals surface area contributed by atoms with Crippen LogP contribution in [0.3, 0.4) is 0 Å². The lowest BCUT2D eigenvalue weighted by Crippen LogP contribution is -2.12. The summed E-state index contributed by atoms with van der Waals surface area (Å²) in [6.07, 6.45) is 3.16. The SMILES string of the molecule is CC(C)n1cc(NS(=O)(=O)c2ccc(CN)cc2)cn1. The Balaban J connectivity index is 2.21. The molecule has 0 aliphatic heterocycles. The number of hydrogen-bond donors (Lipinski definition) is 2. The highest BCUT2D eigenvalue weighted by molar-refractivity contribution is 7.92. The van der Waals surface area contributed by atoms with Gasteiger partial charge in [-0.2, -0.15) is 5.10 Å². The molecule has 2 rings (SSSR count). The molecule has 1 aromatic heterocycles. The van der Waals surface area contributed by atoms with Crippen LogP contribution >= 0.6 is 0 Å². The lowest BCUT2D eigenvalue weighted by Gasteiger charge is -2.07. The van der Waals surface area contributed by atoms with Gasteiger partial charge in [-0.3, -0.25) is 9.40 Å². The van der Waals surface area contributed by atoms with Crippen molar-refractivity contribution < 1.29 is 8.42 Å². The van der Waals surface area contributed by atoms with E-state index >= 15 is 0 Å². The molecule has 0 spiro atoms. The molecule has 0 fully saturated rings. The lowest BCUT2D eigenvalue weighted by atomic mass is 10.2. The van der Waals surface area contributed by atoms with Crippen LogP contribution in [0.1, 0.15) is 25.5 Å². The summed E-state index contributed by atoms with van der Waals surface area (Å²) in [5.41, 5.74) is 6.82. The van der Waals surface area contributed by atoms with E-state index in [0.29, 0.717) is 12.2 Å². The Hall–Kier alpha value is -1.86. The van der Waals surface area contributed by atoms with Crippen molar-refractivity contribution >= 4 is 15.7 Å². The van der Waals surface area contributed by atoms with Crippen LogP contribution < -0.4 is 10.5 Å². The lowest BCUT2D eigenvalue weighted by molar-refractivity contribution is 0.532. The largest absolute Gasteiger partial charge is 0.326 e. The summed E-state index contributed by atoms with van der Waals surface area (Å²) < 4.78 is 28.6. The summed E-state index contributed by atoms with van der Waals surface area (Å²) in [6, 6.07) is 6.66. The summed E-state index contributed by atoms with van der Waals surface area (Å²) in [5, 5.41) is 4.09. The first-order chi connectivity index (χ1) is 9.42. The van der Waals surface area contributed by atoms with Gasteiger partial charge in [0.05, 0.1) is 16.8 Å². The number of nitrogens with zero attached hydrogens (tertiary/aromatic N) is 2. The summed E-state index contributed by atoms with van der Waals surface area (Å²) in [4.78, 5) is 0.201. The van der Waals surface area contributed by atoms with Crippen molar-refractivity contribution in [1.29, 1.82) is 0 Å². The molecule has 0 aliphatic rings. The maximum absolute atomic E-state index is 12.2. The number of benzene rings is 1. The van der Waals surface area contributed by atoms with E-state index in [1.807, 2.05) is 13.8 Å². The standard InChI is InChI=1S/C13H18N4O2S/c1-10(2)17-9-12(8-15-17)16-20(18,19)13-5-3-11(7-14)4-6-13/h3-6,8-10,16H,7,14H2,1-2H3. The predicted molar refractivity (Wildman–Crippen MR) is 77.8 cm³/mol. The first kappa shape index (κ1) is 14.5. The Bertz CT molecular complexity index is 675. The molecule has 0 unspecified atom stereocenters. The van der Waals surface area contributed by atoms with Crippen LogP contribution in [-0.2, 0) is 16.6 Å². The Labute approximate surface area is 118 Å². The number of anilines is 1. The van der Waals surface area contributed by atoms with E-state index in [4.69, 9.17) is 5.73 Å². The third-order valence-corrected chi connectivity index (χ3v) is 4.25. The molecule has 0 atom stereocenters. The molecule has 0 saturated heterocycles. The van der Waals surface area contributed by atoms with Crippen LogP contribution in [0.15, 0.2) is 41.6 Å². The van der Waals surface area contributed by atoms with E-state index in [1.165, 1.54) is 18.3 Å². The summed E-state index contributed by atoms with van der Waals surface area (Å²) in [5.74, 6) is 0. The fraction of sp³-hybridized carbons (Fsp3) is 0.308. The molecular formula is C13H18N4O2S. The Kier molecular flexibility index (Phi) is 4.10. The minimum Gasteiger partial charge on any atom is -0.326 e.